The largest absolute Gasteiger partial charge is 0.384 e. The van der Waals surface area contributed by atoms with Gasteiger partial charge in [-0.2, -0.15) is 0 Å². The summed E-state index contributed by atoms with van der Waals surface area (Å²) in [6.45, 7) is 7.09. The number of ether oxygens (including phenoxy) is 1. The molecule has 1 aromatic rings. The summed E-state index contributed by atoms with van der Waals surface area (Å²) < 4.78 is 5.41. The molecule has 1 aliphatic heterocycles. The van der Waals surface area contributed by atoms with Crippen LogP contribution in [0.15, 0.2) is 30.3 Å². The normalized spacial score (nSPS) is 21.9. The number of hydrogen-bond donors (Lipinski definition) is 1. The highest BCUT2D eigenvalue weighted by Gasteiger charge is 2.17. The van der Waals surface area contributed by atoms with Crippen LogP contribution >= 0.6 is 0 Å². The minimum absolute atomic E-state index is 0.548. The van der Waals surface area contributed by atoms with Gasteiger partial charge >= 0.3 is 0 Å². The summed E-state index contributed by atoms with van der Waals surface area (Å²) in [5.74, 6) is 0. The molecule has 1 fully saturated rings. The molecule has 3 nitrogen and oxygen atoms in total. The maximum Gasteiger partial charge on any atom is 0.0619 e. The minimum atomic E-state index is 0.548. The molecule has 1 saturated heterocycles. The van der Waals surface area contributed by atoms with E-state index >= 15 is 0 Å². The Kier molecular flexibility index (Phi) is 4.19. The average Bonchev–Trinajstić information content (AvgIpc) is 2.33. The number of para-hydroxylation sites is 1. The molecular formula is C13H20N2O. The first-order valence-corrected chi connectivity index (χ1v) is 5.97. The summed E-state index contributed by atoms with van der Waals surface area (Å²) in [4.78, 5) is 2.47. The Hall–Kier alpha value is -1.06. The van der Waals surface area contributed by atoms with E-state index in [0.29, 0.717) is 6.04 Å². The summed E-state index contributed by atoms with van der Waals surface area (Å²) in [5.41, 5.74) is 1.20. The van der Waals surface area contributed by atoms with Crippen molar-refractivity contribution in [1.82, 2.24) is 4.90 Å². The number of rotatable bonds is 4. The third-order valence-corrected chi connectivity index (χ3v) is 3.01. The highest BCUT2D eigenvalue weighted by molar-refractivity contribution is 5.42. The Bertz CT molecular complexity index is 302. The van der Waals surface area contributed by atoms with Crippen LogP contribution in [-0.2, 0) is 4.74 Å². The highest BCUT2D eigenvalue weighted by atomic mass is 16.5. The first-order chi connectivity index (χ1) is 7.86. The fourth-order valence-electron chi connectivity index (χ4n) is 1.99. The van der Waals surface area contributed by atoms with Gasteiger partial charge in [0.05, 0.1) is 13.2 Å². The number of benzene rings is 1. The molecule has 0 amide bonds. The van der Waals surface area contributed by atoms with E-state index in [1.54, 1.807) is 0 Å². The molecular weight excluding hydrogens is 200 g/mol. The number of anilines is 1. The molecule has 2 rings (SSSR count). The van der Waals surface area contributed by atoms with Crippen LogP contribution in [0.1, 0.15) is 6.92 Å². The zero-order valence-corrected chi connectivity index (χ0v) is 9.86. The molecule has 1 atom stereocenters. The third-order valence-electron chi connectivity index (χ3n) is 3.01. The van der Waals surface area contributed by atoms with Crippen molar-refractivity contribution in [1.29, 1.82) is 0 Å². The molecule has 1 aromatic carbocycles. The van der Waals surface area contributed by atoms with E-state index in [0.717, 1.165) is 32.8 Å². The van der Waals surface area contributed by atoms with Crippen LogP contribution in [0.2, 0.25) is 0 Å². The van der Waals surface area contributed by atoms with Crippen LogP contribution in [0, 0.1) is 0 Å². The van der Waals surface area contributed by atoms with Gasteiger partial charge in [-0.15, -0.1) is 0 Å². The Morgan fingerprint density at radius 2 is 2.19 bits per heavy atom. The van der Waals surface area contributed by atoms with Gasteiger partial charge in [-0.05, 0) is 19.1 Å². The van der Waals surface area contributed by atoms with Crippen molar-refractivity contribution in [3.8, 4) is 0 Å². The summed E-state index contributed by atoms with van der Waals surface area (Å²) in [5, 5.41) is 3.43. The maximum absolute atomic E-state index is 5.41. The van der Waals surface area contributed by atoms with E-state index in [9.17, 15) is 0 Å². The lowest BCUT2D eigenvalue weighted by Gasteiger charge is -2.33. The van der Waals surface area contributed by atoms with E-state index in [2.05, 4.69) is 41.4 Å². The molecule has 3 heteroatoms. The lowest BCUT2D eigenvalue weighted by atomic mass is 10.2. The van der Waals surface area contributed by atoms with Gasteiger partial charge in [-0.3, -0.25) is 4.90 Å². The van der Waals surface area contributed by atoms with Gasteiger partial charge < -0.3 is 10.1 Å². The molecule has 0 bridgehead atoms. The highest BCUT2D eigenvalue weighted by Crippen LogP contribution is 2.07. The van der Waals surface area contributed by atoms with E-state index in [1.807, 2.05) is 6.07 Å². The number of morpholine rings is 1. The Balaban J connectivity index is 1.71. The summed E-state index contributed by atoms with van der Waals surface area (Å²) in [6.07, 6.45) is 0. The lowest BCUT2D eigenvalue weighted by molar-refractivity contribution is 0.00181. The van der Waals surface area contributed by atoms with Crippen molar-refractivity contribution in [3.05, 3.63) is 30.3 Å². The fraction of sp³-hybridized carbons (Fsp3) is 0.538. The maximum atomic E-state index is 5.41. The molecule has 0 spiro atoms. The predicted molar refractivity (Wildman–Crippen MR) is 66.8 cm³/mol. The first kappa shape index (κ1) is 11.4. The van der Waals surface area contributed by atoms with Gasteiger partial charge in [0.25, 0.3) is 0 Å². The van der Waals surface area contributed by atoms with Crippen molar-refractivity contribution in [2.75, 3.05) is 38.2 Å². The molecule has 0 radical (unpaired) electrons. The zero-order chi connectivity index (χ0) is 11.2. The second-order valence-electron chi connectivity index (χ2n) is 4.25. The quantitative estimate of drug-likeness (QED) is 0.837. The molecule has 16 heavy (non-hydrogen) atoms. The number of hydrogen-bond acceptors (Lipinski definition) is 3. The van der Waals surface area contributed by atoms with Crippen molar-refractivity contribution < 1.29 is 4.74 Å². The minimum Gasteiger partial charge on any atom is -0.384 e. The van der Waals surface area contributed by atoms with Crippen LogP contribution < -0.4 is 5.32 Å². The lowest BCUT2D eigenvalue weighted by Crippen LogP contribution is -2.45. The average molecular weight is 220 g/mol. The molecule has 0 aliphatic carbocycles. The van der Waals surface area contributed by atoms with Crippen molar-refractivity contribution in [2.24, 2.45) is 0 Å². The molecule has 0 aromatic heterocycles. The molecule has 0 saturated carbocycles. The van der Waals surface area contributed by atoms with E-state index in [-0.39, 0.29) is 0 Å². The van der Waals surface area contributed by atoms with Gasteiger partial charge in [0.2, 0.25) is 0 Å². The summed E-state index contributed by atoms with van der Waals surface area (Å²) >= 11 is 0. The third kappa shape index (κ3) is 3.22. The van der Waals surface area contributed by atoms with E-state index in [4.69, 9.17) is 4.74 Å². The van der Waals surface area contributed by atoms with Crippen LogP contribution in [0.5, 0.6) is 0 Å². The smallest absolute Gasteiger partial charge is 0.0619 e. The molecule has 1 unspecified atom stereocenters. The Labute approximate surface area is 97.4 Å². The molecule has 88 valence electrons. The van der Waals surface area contributed by atoms with Gasteiger partial charge in [0.15, 0.2) is 0 Å². The summed E-state index contributed by atoms with van der Waals surface area (Å²) in [6, 6.07) is 10.9. The molecule has 1 heterocycles. The molecule has 1 aliphatic rings. The van der Waals surface area contributed by atoms with Gasteiger partial charge in [-0.1, -0.05) is 18.2 Å². The standard InChI is InChI=1S/C13H20N2O/c1-12-11-16-10-9-15(12)8-7-14-13-5-3-2-4-6-13/h2-6,12,14H,7-11H2,1H3. The van der Waals surface area contributed by atoms with Crippen molar-refractivity contribution in [2.45, 2.75) is 13.0 Å². The number of nitrogens with one attached hydrogen (secondary N) is 1. The Morgan fingerprint density at radius 3 is 2.94 bits per heavy atom. The van der Waals surface area contributed by atoms with Crippen LogP contribution in [0.4, 0.5) is 5.69 Å². The van der Waals surface area contributed by atoms with Gasteiger partial charge in [0.1, 0.15) is 0 Å². The summed E-state index contributed by atoms with van der Waals surface area (Å²) in [7, 11) is 0. The van der Waals surface area contributed by atoms with Crippen LogP contribution in [0.3, 0.4) is 0 Å². The predicted octanol–water partition coefficient (Wildman–Crippen LogP) is 1.82. The van der Waals surface area contributed by atoms with Gasteiger partial charge in [-0.25, -0.2) is 0 Å². The number of nitrogens with zero attached hydrogens (tertiary/aromatic N) is 1. The molecule has 1 N–H and O–H groups in total. The van der Waals surface area contributed by atoms with Crippen LogP contribution in [-0.4, -0.2) is 43.8 Å². The second-order valence-corrected chi connectivity index (χ2v) is 4.25. The first-order valence-electron chi connectivity index (χ1n) is 5.97. The SMILES string of the molecule is CC1COCCN1CCNc1ccccc1. The fourth-order valence-corrected chi connectivity index (χ4v) is 1.99. The van der Waals surface area contributed by atoms with Crippen molar-refractivity contribution in [3.63, 3.8) is 0 Å². The monoisotopic (exact) mass is 220 g/mol. The zero-order valence-electron chi connectivity index (χ0n) is 9.86. The second kappa shape index (κ2) is 5.87. The van der Waals surface area contributed by atoms with Gasteiger partial charge in [0, 0.05) is 31.4 Å². The Morgan fingerprint density at radius 1 is 1.38 bits per heavy atom. The van der Waals surface area contributed by atoms with Crippen LogP contribution in [0.25, 0.3) is 0 Å². The van der Waals surface area contributed by atoms with E-state index in [1.165, 1.54) is 5.69 Å². The topological polar surface area (TPSA) is 24.5 Å². The van der Waals surface area contributed by atoms with E-state index < -0.39 is 0 Å². The van der Waals surface area contributed by atoms with Crippen molar-refractivity contribution >= 4 is 5.69 Å².